The molecule has 0 spiro atoms. The summed E-state index contributed by atoms with van der Waals surface area (Å²) >= 11 is 0. The lowest BCUT2D eigenvalue weighted by Gasteiger charge is -2.28. The molecule has 0 atom stereocenters. The van der Waals surface area contributed by atoms with Crippen LogP contribution in [0.1, 0.15) is 69.8 Å². The molecule has 33 heavy (non-hydrogen) atoms. The summed E-state index contributed by atoms with van der Waals surface area (Å²) < 4.78 is 33.9. The number of ether oxygens (including phenoxy) is 1. The highest BCUT2D eigenvalue weighted by atomic mass is 19.2. The predicted molar refractivity (Wildman–Crippen MR) is 132 cm³/mol. The van der Waals surface area contributed by atoms with Gasteiger partial charge in [0.1, 0.15) is 0 Å². The van der Waals surface area contributed by atoms with Crippen molar-refractivity contribution in [3.63, 3.8) is 0 Å². The van der Waals surface area contributed by atoms with E-state index in [1.54, 1.807) is 13.0 Å². The van der Waals surface area contributed by atoms with Gasteiger partial charge in [-0.05, 0) is 105 Å². The Balaban J connectivity index is 1.32. The third kappa shape index (κ3) is 5.75. The maximum atomic E-state index is 14.5. The molecule has 0 aliphatic heterocycles. The second kappa shape index (κ2) is 11.1. The summed E-state index contributed by atoms with van der Waals surface area (Å²) in [5.74, 6) is 0.913. The minimum atomic E-state index is -0.918. The molecule has 0 aromatic heterocycles. The van der Waals surface area contributed by atoms with Crippen molar-refractivity contribution in [1.29, 1.82) is 0 Å². The van der Waals surface area contributed by atoms with E-state index >= 15 is 0 Å². The lowest BCUT2D eigenvalue weighted by molar-refractivity contribution is 0.314. The maximum absolute atomic E-state index is 14.5. The van der Waals surface area contributed by atoms with Crippen LogP contribution in [0.3, 0.4) is 0 Å². The number of hydrogen-bond acceptors (Lipinski definition) is 1. The fourth-order valence-corrected chi connectivity index (χ4v) is 5.49. The average Bonchev–Trinajstić information content (AvgIpc) is 2.87. The van der Waals surface area contributed by atoms with E-state index in [-0.39, 0.29) is 11.3 Å². The monoisotopic (exact) mass is 450 g/mol. The van der Waals surface area contributed by atoms with Crippen LogP contribution in [0.5, 0.6) is 5.75 Å². The quantitative estimate of drug-likeness (QED) is 0.383. The lowest BCUT2D eigenvalue weighted by Crippen LogP contribution is -2.13. The van der Waals surface area contributed by atoms with Gasteiger partial charge in [0, 0.05) is 5.56 Å². The molecule has 2 aromatic rings. The van der Waals surface area contributed by atoms with Crippen molar-refractivity contribution in [2.45, 2.75) is 64.2 Å². The van der Waals surface area contributed by atoms with Gasteiger partial charge in [0.15, 0.2) is 11.6 Å². The van der Waals surface area contributed by atoms with Gasteiger partial charge in [0.05, 0.1) is 6.61 Å². The van der Waals surface area contributed by atoms with E-state index in [1.807, 2.05) is 12.1 Å². The second-order valence-corrected chi connectivity index (χ2v) is 9.70. The van der Waals surface area contributed by atoms with Crippen molar-refractivity contribution in [3.8, 4) is 16.9 Å². The van der Waals surface area contributed by atoms with Gasteiger partial charge in [-0.25, -0.2) is 4.39 Å². The van der Waals surface area contributed by atoms with Gasteiger partial charge in [-0.3, -0.25) is 0 Å². The first kappa shape index (κ1) is 23.7. The Morgan fingerprint density at radius 1 is 0.788 bits per heavy atom. The van der Waals surface area contributed by atoms with Crippen molar-refractivity contribution < 1.29 is 13.5 Å². The number of allylic oxidation sites excluding steroid dienone is 3. The Hall–Kier alpha value is -2.42. The second-order valence-electron chi connectivity index (χ2n) is 9.70. The van der Waals surface area contributed by atoms with E-state index in [9.17, 15) is 8.78 Å². The van der Waals surface area contributed by atoms with Gasteiger partial charge in [0.2, 0.25) is 5.82 Å². The molecule has 2 aromatic carbocycles. The molecule has 0 unspecified atom stereocenters. The van der Waals surface area contributed by atoms with Crippen LogP contribution in [0.4, 0.5) is 8.78 Å². The van der Waals surface area contributed by atoms with Crippen LogP contribution in [0.15, 0.2) is 61.2 Å². The molecule has 0 bridgehead atoms. The van der Waals surface area contributed by atoms with E-state index in [0.717, 1.165) is 11.8 Å². The van der Waals surface area contributed by atoms with Crippen LogP contribution in [0, 0.1) is 29.4 Å². The number of benzene rings is 2. The van der Waals surface area contributed by atoms with Crippen molar-refractivity contribution in [3.05, 3.63) is 78.4 Å². The average molecular weight is 451 g/mol. The minimum Gasteiger partial charge on any atom is -0.491 e. The maximum Gasteiger partial charge on any atom is 0.201 e. The first-order chi connectivity index (χ1) is 16.1. The van der Waals surface area contributed by atoms with Gasteiger partial charge in [-0.2, -0.15) is 4.39 Å². The highest BCUT2D eigenvalue weighted by Crippen LogP contribution is 2.38. The molecule has 2 saturated carbocycles. The van der Waals surface area contributed by atoms with E-state index in [2.05, 4.69) is 36.9 Å². The van der Waals surface area contributed by atoms with Gasteiger partial charge in [-0.1, -0.05) is 42.5 Å². The molecule has 0 heterocycles. The Morgan fingerprint density at radius 3 is 1.94 bits per heavy atom. The van der Waals surface area contributed by atoms with E-state index in [0.29, 0.717) is 24.0 Å². The molecule has 176 valence electrons. The predicted octanol–water partition coefficient (Wildman–Crippen LogP) is 8.85. The molecule has 0 N–H and O–H groups in total. The van der Waals surface area contributed by atoms with E-state index < -0.39 is 11.6 Å². The smallest absolute Gasteiger partial charge is 0.201 e. The van der Waals surface area contributed by atoms with Crippen molar-refractivity contribution in [2.24, 2.45) is 17.8 Å². The highest BCUT2D eigenvalue weighted by molar-refractivity contribution is 5.65. The molecule has 2 aliphatic carbocycles. The van der Waals surface area contributed by atoms with Crippen LogP contribution in [0.25, 0.3) is 11.1 Å². The summed E-state index contributed by atoms with van der Waals surface area (Å²) in [5, 5.41) is 0. The molecule has 2 fully saturated rings. The zero-order valence-corrected chi connectivity index (χ0v) is 19.7. The summed E-state index contributed by atoms with van der Waals surface area (Å²) in [6.45, 7) is 6.00. The summed E-state index contributed by atoms with van der Waals surface area (Å²) in [6.07, 6.45) is 17.1. The van der Waals surface area contributed by atoms with Gasteiger partial charge in [-0.15, -0.1) is 6.58 Å². The molecule has 0 radical (unpaired) electrons. The van der Waals surface area contributed by atoms with Crippen LogP contribution < -0.4 is 4.74 Å². The normalized spacial score (nSPS) is 25.8. The molecular formula is C30H36F2O. The fraction of sp³-hybridized carbons (Fsp3) is 0.467. The zero-order valence-electron chi connectivity index (χ0n) is 19.7. The molecule has 2 aliphatic rings. The number of rotatable bonds is 7. The summed E-state index contributed by atoms with van der Waals surface area (Å²) in [7, 11) is 0. The van der Waals surface area contributed by atoms with Crippen LogP contribution >= 0.6 is 0 Å². The summed E-state index contributed by atoms with van der Waals surface area (Å²) in [5.41, 5.74) is 2.27. The number of halogens is 2. The van der Waals surface area contributed by atoms with Gasteiger partial charge >= 0.3 is 0 Å². The summed E-state index contributed by atoms with van der Waals surface area (Å²) in [4.78, 5) is 0. The first-order valence-electron chi connectivity index (χ1n) is 12.6. The van der Waals surface area contributed by atoms with E-state index in [1.165, 1.54) is 63.0 Å². The Morgan fingerprint density at radius 2 is 1.36 bits per heavy atom. The Bertz CT molecular complexity index is 946. The van der Waals surface area contributed by atoms with Crippen LogP contribution in [-0.2, 0) is 0 Å². The third-order valence-corrected chi connectivity index (χ3v) is 7.62. The van der Waals surface area contributed by atoms with Gasteiger partial charge in [0.25, 0.3) is 0 Å². The van der Waals surface area contributed by atoms with Gasteiger partial charge < -0.3 is 4.74 Å². The van der Waals surface area contributed by atoms with Crippen LogP contribution in [0.2, 0.25) is 0 Å². The third-order valence-electron chi connectivity index (χ3n) is 7.62. The molecule has 3 heteroatoms. The Labute approximate surface area is 197 Å². The first-order valence-corrected chi connectivity index (χ1v) is 12.6. The molecule has 1 nitrogen and oxygen atoms in total. The van der Waals surface area contributed by atoms with Crippen molar-refractivity contribution >= 4 is 0 Å². The molecule has 4 rings (SSSR count). The van der Waals surface area contributed by atoms with Crippen LogP contribution in [-0.4, -0.2) is 6.61 Å². The molecular weight excluding hydrogens is 414 g/mol. The van der Waals surface area contributed by atoms with E-state index in [4.69, 9.17) is 4.74 Å². The Kier molecular flexibility index (Phi) is 8.01. The highest BCUT2D eigenvalue weighted by Gasteiger charge is 2.23. The summed E-state index contributed by atoms with van der Waals surface area (Å²) in [6, 6.07) is 11.1. The minimum absolute atomic E-state index is 0.0365. The number of hydrogen-bond donors (Lipinski definition) is 0. The van der Waals surface area contributed by atoms with Crippen molar-refractivity contribution in [2.75, 3.05) is 6.61 Å². The topological polar surface area (TPSA) is 9.23 Å². The SMILES string of the molecule is C=CC1CCC(/C=C/C2CCC(c3ccc(-c4ccc(OCC)c(F)c4F)cc3)CC2)CC1. The standard InChI is InChI=1S/C30H36F2O/c1-3-21-5-7-22(8-6-21)9-10-23-11-13-24(14-12-23)25-15-17-26(18-16-25)27-19-20-28(33-4-2)30(32)29(27)31/h3,9-10,15-24H,1,4-8,11-14H2,2H3/b10-9+. The molecule has 0 amide bonds. The van der Waals surface area contributed by atoms with Crippen molar-refractivity contribution in [1.82, 2.24) is 0 Å². The lowest BCUT2D eigenvalue weighted by atomic mass is 9.77. The largest absolute Gasteiger partial charge is 0.491 e. The molecule has 0 saturated heterocycles. The fourth-order valence-electron chi connectivity index (χ4n) is 5.49. The zero-order chi connectivity index (χ0) is 23.2.